The molecule has 0 saturated carbocycles. The van der Waals surface area contributed by atoms with Gasteiger partial charge in [-0.25, -0.2) is 0 Å². The predicted octanol–water partition coefficient (Wildman–Crippen LogP) is -1.25. The van der Waals surface area contributed by atoms with Gasteiger partial charge in [-0.3, -0.25) is 14.2 Å². The number of amides is 1. The molecule has 8 heteroatoms. The van der Waals surface area contributed by atoms with Gasteiger partial charge in [0.25, 0.3) is 11.5 Å². The molecule has 1 aromatic rings. The topological polar surface area (TPSA) is 101 Å². The fraction of sp³-hybridized carbons (Fsp3) is 0.500. The Morgan fingerprint density at radius 3 is 2.62 bits per heavy atom. The lowest BCUT2D eigenvalue weighted by molar-refractivity contribution is -0.130. The van der Waals surface area contributed by atoms with Gasteiger partial charge in [-0.1, -0.05) is 5.73 Å². The summed E-state index contributed by atoms with van der Waals surface area (Å²) in [5.41, 5.74) is 8.97. The molecule has 0 unspecified atom stereocenters. The lowest BCUT2D eigenvalue weighted by Crippen LogP contribution is -2.41. The van der Waals surface area contributed by atoms with Crippen molar-refractivity contribution in [3.05, 3.63) is 25.1 Å². The SMILES string of the molecule is CCn1c(=C=C(C#N)C(=O)N2CCOCC2)s/c(=C(\C)CN)c1=O. The maximum atomic E-state index is 12.5. The van der Waals surface area contributed by atoms with Crippen LogP contribution in [0, 0.1) is 11.3 Å². The highest BCUT2D eigenvalue weighted by Crippen LogP contribution is 2.03. The van der Waals surface area contributed by atoms with Gasteiger partial charge in [0, 0.05) is 26.2 Å². The number of aromatic nitrogens is 1. The number of hydrogen-bond acceptors (Lipinski definition) is 6. The van der Waals surface area contributed by atoms with Crippen molar-refractivity contribution < 1.29 is 9.53 Å². The molecule has 0 aliphatic carbocycles. The van der Waals surface area contributed by atoms with Gasteiger partial charge in [0.1, 0.15) is 10.7 Å². The number of nitrogens with two attached hydrogens (primary N) is 1. The summed E-state index contributed by atoms with van der Waals surface area (Å²) in [6, 6.07) is 1.90. The van der Waals surface area contributed by atoms with E-state index in [-0.39, 0.29) is 23.6 Å². The van der Waals surface area contributed by atoms with E-state index < -0.39 is 0 Å². The maximum absolute atomic E-state index is 12.5. The predicted molar refractivity (Wildman–Crippen MR) is 91.6 cm³/mol. The lowest BCUT2D eigenvalue weighted by Gasteiger charge is -2.25. The Kier molecular flexibility index (Phi) is 6.12. The molecular weight excluding hydrogens is 328 g/mol. The molecule has 0 atom stereocenters. The summed E-state index contributed by atoms with van der Waals surface area (Å²) in [5, 5.41) is 9.35. The smallest absolute Gasteiger partial charge is 0.272 e. The van der Waals surface area contributed by atoms with Gasteiger partial charge < -0.3 is 15.4 Å². The summed E-state index contributed by atoms with van der Waals surface area (Å²) in [5.74, 6) is -0.384. The first-order chi connectivity index (χ1) is 11.5. The highest BCUT2D eigenvalue weighted by Gasteiger charge is 2.20. The summed E-state index contributed by atoms with van der Waals surface area (Å²) >= 11 is 1.21. The third-order valence-corrected chi connectivity index (χ3v) is 4.99. The Labute approximate surface area is 143 Å². The van der Waals surface area contributed by atoms with Crippen molar-refractivity contribution in [1.29, 1.82) is 5.26 Å². The van der Waals surface area contributed by atoms with Crippen LogP contribution in [0.25, 0.3) is 11.3 Å². The molecule has 1 fully saturated rings. The third-order valence-electron chi connectivity index (χ3n) is 3.75. The van der Waals surface area contributed by atoms with Crippen molar-refractivity contribution in [2.24, 2.45) is 5.73 Å². The standard InChI is InChI=1S/C16H20N4O3S/c1-3-20-13(24-14(16(20)22)11(2)9-17)8-12(10-18)15(21)19-4-6-23-7-5-19/h3-7,9,17H2,1-2H3/b14-11+. The molecule has 0 spiro atoms. The molecule has 7 nitrogen and oxygen atoms in total. The van der Waals surface area contributed by atoms with Crippen molar-refractivity contribution in [3.8, 4) is 6.07 Å². The highest BCUT2D eigenvalue weighted by molar-refractivity contribution is 7.07. The van der Waals surface area contributed by atoms with Crippen molar-refractivity contribution >= 4 is 28.5 Å². The Morgan fingerprint density at radius 2 is 2.08 bits per heavy atom. The van der Waals surface area contributed by atoms with Crippen LogP contribution in [0.2, 0.25) is 0 Å². The Balaban J connectivity index is 2.66. The largest absolute Gasteiger partial charge is 0.378 e. The zero-order chi connectivity index (χ0) is 17.7. The van der Waals surface area contributed by atoms with Crippen LogP contribution in [-0.2, 0) is 16.1 Å². The van der Waals surface area contributed by atoms with E-state index in [0.29, 0.717) is 42.0 Å². The lowest BCUT2D eigenvalue weighted by atomic mass is 10.2. The normalized spacial score (nSPS) is 15.5. The Bertz CT molecular complexity index is 878. The maximum Gasteiger partial charge on any atom is 0.272 e. The fourth-order valence-electron chi connectivity index (χ4n) is 2.31. The second kappa shape index (κ2) is 8.08. The molecule has 0 radical (unpaired) electrons. The molecule has 1 aliphatic heterocycles. The molecule has 1 aromatic heterocycles. The minimum absolute atomic E-state index is 0.0997. The van der Waals surface area contributed by atoms with E-state index in [1.54, 1.807) is 11.8 Å². The molecular formula is C16H20N4O3S. The van der Waals surface area contributed by atoms with Crippen LogP contribution in [0.3, 0.4) is 0 Å². The van der Waals surface area contributed by atoms with E-state index in [0.717, 1.165) is 5.57 Å². The third kappa shape index (κ3) is 3.66. The van der Waals surface area contributed by atoms with Crippen LogP contribution in [0.4, 0.5) is 0 Å². The Hall–Kier alpha value is -2.17. The van der Waals surface area contributed by atoms with Crippen molar-refractivity contribution in [3.63, 3.8) is 0 Å². The van der Waals surface area contributed by atoms with Crippen LogP contribution in [-0.4, -0.2) is 48.2 Å². The van der Waals surface area contributed by atoms with E-state index in [1.165, 1.54) is 15.9 Å². The monoisotopic (exact) mass is 348 g/mol. The number of morpholine rings is 1. The quantitative estimate of drug-likeness (QED) is 0.543. The number of carbonyl (C=O) groups is 1. The second-order valence-electron chi connectivity index (χ2n) is 5.29. The number of thiazole rings is 1. The first-order valence-electron chi connectivity index (χ1n) is 7.71. The van der Waals surface area contributed by atoms with Crippen LogP contribution >= 0.6 is 11.3 Å². The first kappa shape index (κ1) is 18.2. The molecule has 1 aliphatic rings. The van der Waals surface area contributed by atoms with Gasteiger partial charge in [-0.05, 0) is 19.4 Å². The Morgan fingerprint density at radius 1 is 1.42 bits per heavy atom. The van der Waals surface area contributed by atoms with Crippen LogP contribution in [0.15, 0.2) is 10.4 Å². The van der Waals surface area contributed by atoms with E-state index in [2.05, 4.69) is 5.73 Å². The number of nitriles is 1. The van der Waals surface area contributed by atoms with Gasteiger partial charge in [0.15, 0.2) is 5.57 Å². The van der Waals surface area contributed by atoms with Crippen LogP contribution < -0.4 is 20.5 Å². The van der Waals surface area contributed by atoms with E-state index in [9.17, 15) is 14.9 Å². The summed E-state index contributed by atoms with van der Waals surface area (Å²) in [7, 11) is 0. The number of nitrogens with zero attached hydrogens (tertiary/aromatic N) is 3. The highest BCUT2D eigenvalue weighted by atomic mass is 32.1. The van der Waals surface area contributed by atoms with Crippen LogP contribution in [0.5, 0.6) is 0 Å². The van der Waals surface area contributed by atoms with E-state index >= 15 is 0 Å². The van der Waals surface area contributed by atoms with Gasteiger partial charge in [-0.2, -0.15) is 5.26 Å². The molecule has 1 amide bonds. The number of ether oxygens (including phenoxy) is 1. The molecule has 128 valence electrons. The molecule has 0 bridgehead atoms. The number of rotatable bonds is 3. The molecule has 0 aromatic carbocycles. The van der Waals surface area contributed by atoms with E-state index in [1.807, 2.05) is 13.0 Å². The molecule has 2 heterocycles. The molecule has 1 saturated heterocycles. The molecule has 2 rings (SSSR count). The summed E-state index contributed by atoms with van der Waals surface area (Å²) in [4.78, 5) is 26.4. The second-order valence-corrected chi connectivity index (χ2v) is 6.29. The van der Waals surface area contributed by atoms with Gasteiger partial charge in [0.05, 0.1) is 17.7 Å². The van der Waals surface area contributed by atoms with Crippen molar-refractivity contribution in [2.75, 3.05) is 32.8 Å². The molecule has 24 heavy (non-hydrogen) atoms. The number of hydrogen-bond donors (Lipinski definition) is 1. The summed E-state index contributed by atoms with van der Waals surface area (Å²) < 4.78 is 7.72. The summed E-state index contributed by atoms with van der Waals surface area (Å²) in [6.07, 6.45) is 0. The van der Waals surface area contributed by atoms with Gasteiger partial charge in [0.2, 0.25) is 0 Å². The molecule has 2 N–H and O–H groups in total. The summed E-state index contributed by atoms with van der Waals surface area (Å²) in [6.45, 7) is 6.14. The van der Waals surface area contributed by atoms with Crippen LogP contribution in [0.1, 0.15) is 13.8 Å². The van der Waals surface area contributed by atoms with Gasteiger partial charge >= 0.3 is 0 Å². The average Bonchev–Trinajstić information content (AvgIpc) is 2.94. The van der Waals surface area contributed by atoms with Gasteiger partial charge in [-0.15, -0.1) is 11.3 Å². The number of carbonyl (C=O) groups excluding carboxylic acids is 1. The average molecular weight is 348 g/mol. The minimum Gasteiger partial charge on any atom is -0.378 e. The fourth-order valence-corrected chi connectivity index (χ4v) is 3.44. The first-order valence-corrected chi connectivity index (χ1v) is 8.52. The zero-order valence-electron chi connectivity index (χ0n) is 13.8. The minimum atomic E-state index is -0.384. The van der Waals surface area contributed by atoms with E-state index in [4.69, 9.17) is 10.5 Å². The van der Waals surface area contributed by atoms with Crippen molar-refractivity contribution in [1.82, 2.24) is 9.47 Å². The van der Waals surface area contributed by atoms with Crippen molar-refractivity contribution in [2.45, 2.75) is 20.4 Å². The zero-order valence-corrected chi connectivity index (χ0v) is 14.6.